The zero-order chi connectivity index (χ0) is 18.1. The van der Waals surface area contributed by atoms with Gasteiger partial charge >= 0.3 is 0 Å². The van der Waals surface area contributed by atoms with Crippen LogP contribution in [0.1, 0.15) is 31.1 Å². The van der Waals surface area contributed by atoms with Gasteiger partial charge in [-0.3, -0.25) is 11.1 Å². The maximum atomic E-state index is 12.7. The molecule has 1 atom stereocenters. The van der Waals surface area contributed by atoms with Crippen molar-refractivity contribution in [3.63, 3.8) is 0 Å². The number of benzene rings is 2. The van der Waals surface area contributed by atoms with E-state index >= 15 is 0 Å². The number of ether oxygens (including phenoxy) is 1. The van der Waals surface area contributed by atoms with E-state index in [2.05, 4.69) is 9.98 Å². The van der Waals surface area contributed by atoms with Gasteiger partial charge in [0.15, 0.2) is 0 Å². The third-order valence-corrected chi connectivity index (χ3v) is 4.15. The average Bonchev–Trinajstić information content (AvgIpc) is 2.95. The maximum absolute atomic E-state index is 12.7. The normalized spacial score (nSPS) is 15.4. The molecule has 1 aliphatic rings. The summed E-state index contributed by atoms with van der Waals surface area (Å²) in [6, 6.07) is 8.62. The van der Waals surface area contributed by atoms with Crippen LogP contribution in [0.15, 0.2) is 35.3 Å². The Bertz CT molecular complexity index is 956. The number of hydrogen-bond donors (Lipinski definition) is 3. The highest BCUT2D eigenvalue weighted by atomic mass is 35.5. The zero-order valence-electron chi connectivity index (χ0n) is 14.0. The van der Waals surface area contributed by atoms with Crippen LogP contribution in [0.4, 0.5) is 0 Å². The first-order chi connectivity index (χ1) is 11.9. The number of amidine groups is 1. The lowest BCUT2D eigenvalue weighted by molar-refractivity contribution is -0.542. The first kappa shape index (κ1) is 17.2. The fourth-order valence-corrected chi connectivity index (χ4v) is 2.86. The lowest BCUT2D eigenvalue weighted by atomic mass is 10.1. The molecule has 0 fully saturated rings. The molecule has 3 rings (SSSR count). The fraction of sp³-hybridized carbons (Fsp3) is 0.278. The van der Waals surface area contributed by atoms with E-state index < -0.39 is 6.17 Å². The Morgan fingerprint density at radius 1 is 1.44 bits per heavy atom. The van der Waals surface area contributed by atoms with Gasteiger partial charge in [-0.1, -0.05) is 43.3 Å². The van der Waals surface area contributed by atoms with Crippen LogP contribution in [0.25, 0.3) is 0 Å². The van der Waals surface area contributed by atoms with Crippen molar-refractivity contribution in [2.75, 3.05) is 6.61 Å². The fourth-order valence-electron chi connectivity index (χ4n) is 2.59. The third-order valence-electron chi connectivity index (χ3n) is 3.83. The van der Waals surface area contributed by atoms with Gasteiger partial charge < -0.3 is 9.84 Å². The Hall–Kier alpha value is -2.60. The van der Waals surface area contributed by atoms with E-state index in [1.54, 1.807) is 30.3 Å². The summed E-state index contributed by atoms with van der Waals surface area (Å²) in [5.41, 5.74) is 6.70. The number of nitrogens with one attached hydrogen (secondary N) is 1. The number of nitrogens with two attached hydrogens (primary N) is 2. The molecule has 2 aromatic rings. The topological polar surface area (TPSA) is 110 Å². The summed E-state index contributed by atoms with van der Waals surface area (Å²) >= 11 is 6.17. The molecule has 2 aromatic carbocycles. The van der Waals surface area contributed by atoms with Gasteiger partial charge in [-0.25, -0.2) is 9.98 Å². The highest BCUT2D eigenvalue weighted by Crippen LogP contribution is 2.30. The van der Waals surface area contributed by atoms with Crippen LogP contribution in [0.3, 0.4) is 0 Å². The van der Waals surface area contributed by atoms with E-state index in [0.29, 0.717) is 39.8 Å². The monoisotopic (exact) mass is 359 g/mol. The molecular weight excluding hydrogens is 340 g/mol. The Balaban J connectivity index is 1.99. The molecule has 1 aliphatic heterocycles. The van der Waals surface area contributed by atoms with Crippen LogP contribution in [-0.2, 0) is 0 Å². The summed E-state index contributed by atoms with van der Waals surface area (Å²) in [6.45, 7) is 4.54. The standard InChI is InChI=1S/C18H19ClN4O2/c1-9(2)8-25-15-5-3-4-10(16(15)24)18-22-13-6-11(17(20)21)12(19)7-14(13)23-18/h3-7,9,18,24H,8H2,1-2H3,(H3,20,21)/p+1. The summed E-state index contributed by atoms with van der Waals surface area (Å²) in [5, 5.41) is 20.1. The molecule has 7 heteroatoms. The predicted octanol–water partition coefficient (Wildman–Crippen LogP) is -2.05. The van der Waals surface area contributed by atoms with Crippen LogP contribution in [0.5, 0.6) is 11.5 Å². The maximum Gasteiger partial charge on any atom is 0.272 e. The first-order valence-electron chi connectivity index (χ1n) is 7.98. The lowest BCUT2D eigenvalue weighted by Crippen LogP contribution is -2.77. The quantitative estimate of drug-likeness (QED) is 0.422. The van der Waals surface area contributed by atoms with E-state index in [1.165, 1.54) is 0 Å². The summed E-state index contributed by atoms with van der Waals surface area (Å²) in [5.74, 6) is 0.623. The summed E-state index contributed by atoms with van der Waals surface area (Å²) < 4.78 is 5.61. The summed E-state index contributed by atoms with van der Waals surface area (Å²) in [4.78, 5) is 7.74. The van der Waals surface area contributed by atoms with Crippen molar-refractivity contribution < 1.29 is 20.2 Å². The number of nitrogens with zero attached hydrogens (tertiary/aromatic N) is 1. The Morgan fingerprint density at radius 2 is 2.20 bits per heavy atom. The minimum absolute atomic E-state index is 0.131. The van der Waals surface area contributed by atoms with Crippen molar-refractivity contribution in [2.45, 2.75) is 20.0 Å². The molecule has 130 valence electrons. The molecule has 0 bridgehead atoms. The average molecular weight is 360 g/mol. The molecule has 0 saturated carbocycles. The number of hydrogen-bond acceptors (Lipinski definition) is 3. The zero-order valence-corrected chi connectivity index (χ0v) is 14.8. The van der Waals surface area contributed by atoms with Gasteiger partial charge in [0.25, 0.3) is 12.0 Å². The number of rotatable bonds is 5. The first-order valence-corrected chi connectivity index (χ1v) is 8.36. The smallest absolute Gasteiger partial charge is 0.272 e. The molecule has 1 unspecified atom stereocenters. The summed E-state index contributed by atoms with van der Waals surface area (Å²) in [7, 11) is 0. The lowest BCUT2D eigenvalue weighted by Gasteiger charge is -2.19. The molecule has 25 heavy (non-hydrogen) atoms. The molecular formula is C18H20ClN4O2+. The summed E-state index contributed by atoms with van der Waals surface area (Å²) in [6.07, 6.45) is -0.504. The second-order valence-corrected chi connectivity index (χ2v) is 6.77. The molecule has 0 spiro atoms. The molecule has 0 amide bonds. The molecule has 0 radical (unpaired) electrons. The van der Waals surface area contributed by atoms with Crippen LogP contribution in [0.2, 0.25) is 5.02 Å². The largest absolute Gasteiger partial charge is 0.870 e. The van der Waals surface area contributed by atoms with Gasteiger partial charge in [0, 0.05) is 11.6 Å². The van der Waals surface area contributed by atoms with Gasteiger partial charge in [-0.05, 0) is 18.1 Å². The SMILES string of the molecule is CC(C)COc1cccc(C2N=c3cc(Cl)c(C(N)=[NH2+])cc3=[NH+]2)c1[O-]. The van der Waals surface area contributed by atoms with Crippen molar-refractivity contribution in [3.05, 3.63) is 57.2 Å². The van der Waals surface area contributed by atoms with Gasteiger partial charge in [0.1, 0.15) is 11.1 Å². The van der Waals surface area contributed by atoms with Crippen molar-refractivity contribution in [3.8, 4) is 11.5 Å². The molecule has 0 aromatic heterocycles. The minimum atomic E-state index is -0.504. The van der Waals surface area contributed by atoms with E-state index in [-0.39, 0.29) is 11.6 Å². The van der Waals surface area contributed by atoms with Crippen LogP contribution in [-0.4, -0.2) is 12.4 Å². The van der Waals surface area contributed by atoms with Crippen molar-refractivity contribution in [2.24, 2.45) is 16.6 Å². The number of fused-ring (bicyclic) bond motifs is 1. The van der Waals surface area contributed by atoms with Gasteiger partial charge in [-0.2, -0.15) is 0 Å². The van der Waals surface area contributed by atoms with Crippen LogP contribution >= 0.6 is 11.6 Å². The van der Waals surface area contributed by atoms with Gasteiger partial charge in [-0.15, -0.1) is 0 Å². The van der Waals surface area contributed by atoms with Crippen molar-refractivity contribution in [1.29, 1.82) is 0 Å². The van der Waals surface area contributed by atoms with E-state index in [9.17, 15) is 5.11 Å². The van der Waals surface area contributed by atoms with Crippen LogP contribution < -0.4 is 36.7 Å². The van der Waals surface area contributed by atoms with Crippen LogP contribution in [0, 0.1) is 5.92 Å². The van der Waals surface area contributed by atoms with E-state index in [1.807, 2.05) is 13.8 Å². The second kappa shape index (κ2) is 6.72. The Kier molecular flexibility index (Phi) is 4.63. The Labute approximate surface area is 150 Å². The van der Waals surface area contributed by atoms with Crippen molar-refractivity contribution in [1.82, 2.24) is 0 Å². The van der Waals surface area contributed by atoms with Gasteiger partial charge in [0.2, 0.25) is 5.36 Å². The van der Waals surface area contributed by atoms with E-state index in [0.717, 1.165) is 5.36 Å². The Morgan fingerprint density at radius 3 is 2.88 bits per heavy atom. The molecule has 0 saturated heterocycles. The third kappa shape index (κ3) is 3.44. The minimum Gasteiger partial charge on any atom is -0.870 e. The predicted molar refractivity (Wildman–Crippen MR) is 91.5 cm³/mol. The highest BCUT2D eigenvalue weighted by molar-refractivity contribution is 6.33. The van der Waals surface area contributed by atoms with E-state index in [4.69, 9.17) is 27.5 Å². The molecule has 6 nitrogen and oxygen atoms in total. The number of halogens is 1. The molecule has 0 aliphatic carbocycles. The van der Waals surface area contributed by atoms with Gasteiger partial charge in [0.05, 0.1) is 17.2 Å². The molecule has 1 heterocycles. The number of para-hydroxylation sites is 1. The second-order valence-electron chi connectivity index (χ2n) is 6.36. The highest BCUT2D eigenvalue weighted by Gasteiger charge is 2.23. The van der Waals surface area contributed by atoms with Crippen molar-refractivity contribution >= 4 is 17.4 Å². The molecule has 5 N–H and O–H groups in total.